The van der Waals surface area contributed by atoms with Gasteiger partial charge in [-0.25, -0.2) is 9.97 Å². The van der Waals surface area contributed by atoms with E-state index in [-0.39, 0.29) is 0 Å². The number of hydrogen-bond donors (Lipinski definition) is 0. The second-order valence-corrected chi connectivity index (χ2v) is 3.26. The SMILES string of the molecule is C/C=C\c1c(C)ccc2cncnc12. The van der Waals surface area contributed by atoms with Crippen molar-refractivity contribution >= 4 is 17.0 Å². The molecule has 0 amide bonds. The molecule has 0 aliphatic carbocycles. The summed E-state index contributed by atoms with van der Waals surface area (Å²) in [4.78, 5) is 8.31. The molecule has 0 fully saturated rings. The molecule has 0 saturated heterocycles. The Hall–Kier alpha value is -1.70. The lowest BCUT2D eigenvalue weighted by molar-refractivity contribution is 1.21. The van der Waals surface area contributed by atoms with Crippen LogP contribution in [0.2, 0.25) is 0 Å². The molecular formula is C12H12N2. The van der Waals surface area contributed by atoms with Crippen LogP contribution in [-0.4, -0.2) is 9.97 Å². The molecule has 2 heteroatoms. The van der Waals surface area contributed by atoms with Crippen LogP contribution in [0.25, 0.3) is 17.0 Å². The first kappa shape index (κ1) is 8.88. The van der Waals surface area contributed by atoms with Gasteiger partial charge in [0.1, 0.15) is 6.33 Å². The molecule has 2 nitrogen and oxygen atoms in total. The van der Waals surface area contributed by atoms with Crippen molar-refractivity contribution in [2.75, 3.05) is 0 Å². The molecule has 0 atom stereocenters. The fourth-order valence-electron chi connectivity index (χ4n) is 1.56. The zero-order valence-corrected chi connectivity index (χ0v) is 8.36. The minimum atomic E-state index is 1.03. The number of aromatic nitrogens is 2. The Morgan fingerprint density at radius 3 is 2.93 bits per heavy atom. The molecule has 0 N–H and O–H groups in total. The average Bonchev–Trinajstić information content (AvgIpc) is 2.23. The van der Waals surface area contributed by atoms with Crippen LogP contribution < -0.4 is 0 Å². The number of hydrogen-bond acceptors (Lipinski definition) is 2. The molecule has 14 heavy (non-hydrogen) atoms. The van der Waals surface area contributed by atoms with Crippen LogP contribution >= 0.6 is 0 Å². The first-order valence-corrected chi connectivity index (χ1v) is 4.65. The molecule has 0 radical (unpaired) electrons. The van der Waals surface area contributed by atoms with Gasteiger partial charge in [0.15, 0.2) is 0 Å². The number of benzene rings is 1. The second-order valence-electron chi connectivity index (χ2n) is 3.26. The summed E-state index contributed by atoms with van der Waals surface area (Å²) >= 11 is 0. The first-order chi connectivity index (χ1) is 6.83. The molecule has 0 aliphatic rings. The topological polar surface area (TPSA) is 25.8 Å². The zero-order chi connectivity index (χ0) is 9.97. The van der Waals surface area contributed by atoms with Crippen LogP contribution in [0, 0.1) is 6.92 Å². The van der Waals surface area contributed by atoms with E-state index in [0.29, 0.717) is 0 Å². The van der Waals surface area contributed by atoms with Crippen LogP contribution in [-0.2, 0) is 0 Å². The maximum absolute atomic E-state index is 4.30. The van der Waals surface area contributed by atoms with Gasteiger partial charge in [0.25, 0.3) is 0 Å². The molecule has 0 spiro atoms. The number of rotatable bonds is 1. The summed E-state index contributed by atoms with van der Waals surface area (Å²) in [5, 5.41) is 1.09. The van der Waals surface area contributed by atoms with Crippen LogP contribution in [0.1, 0.15) is 18.1 Å². The molecular weight excluding hydrogens is 172 g/mol. The molecule has 0 unspecified atom stereocenters. The maximum atomic E-state index is 4.30. The summed E-state index contributed by atoms with van der Waals surface area (Å²) in [7, 11) is 0. The largest absolute Gasteiger partial charge is 0.244 e. The van der Waals surface area contributed by atoms with Crippen molar-refractivity contribution in [3.63, 3.8) is 0 Å². The van der Waals surface area contributed by atoms with E-state index in [1.54, 1.807) is 6.33 Å². The van der Waals surface area contributed by atoms with E-state index >= 15 is 0 Å². The summed E-state index contributed by atoms with van der Waals surface area (Å²) in [5.41, 5.74) is 3.46. The van der Waals surface area contributed by atoms with E-state index in [4.69, 9.17) is 0 Å². The number of fused-ring (bicyclic) bond motifs is 1. The van der Waals surface area contributed by atoms with E-state index in [2.05, 4.69) is 35.1 Å². The number of nitrogens with zero attached hydrogens (tertiary/aromatic N) is 2. The van der Waals surface area contributed by atoms with Gasteiger partial charge in [-0.3, -0.25) is 0 Å². The van der Waals surface area contributed by atoms with Crippen LogP contribution in [0.3, 0.4) is 0 Å². The second kappa shape index (κ2) is 3.58. The molecule has 0 aliphatic heterocycles. The van der Waals surface area contributed by atoms with Gasteiger partial charge in [-0.1, -0.05) is 24.3 Å². The van der Waals surface area contributed by atoms with Crippen LogP contribution in [0.15, 0.2) is 30.7 Å². The Bertz CT molecular complexity index is 487. The Kier molecular flexibility index (Phi) is 2.27. The molecule has 70 valence electrons. The van der Waals surface area contributed by atoms with E-state index in [9.17, 15) is 0 Å². The summed E-state index contributed by atoms with van der Waals surface area (Å²) < 4.78 is 0. The predicted molar refractivity (Wildman–Crippen MR) is 59.0 cm³/mol. The smallest absolute Gasteiger partial charge is 0.116 e. The van der Waals surface area contributed by atoms with Gasteiger partial charge in [-0.15, -0.1) is 0 Å². The van der Waals surface area contributed by atoms with E-state index in [0.717, 1.165) is 10.9 Å². The third kappa shape index (κ3) is 1.39. The summed E-state index contributed by atoms with van der Waals surface area (Å²) in [6, 6.07) is 4.15. The minimum Gasteiger partial charge on any atom is -0.244 e. The Balaban J connectivity index is 2.82. The van der Waals surface area contributed by atoms with Gasteiger partial charge in [0, 0.05) is 17.1 Å². The molecule has 2 rings (SSSR count). The highest BCUT2D eigenvalue weighted by Gasteiger charge is 2.01. The van der Waals surface area contributed by atoms with Crippen molar-refractivity contribution in [1.29, 1.82) is 0 Å². The monoisotopic (exact) mass is 184 g/mol. The van der Waals surface area contributed by atoms with E-state index in [1.165, 1.54) is 11.1 Å². The van der Waals surface area contributed by atoms with Crippen molar-refractivity contribution in [3.8, 4) is 0 Å². The van der Waals surface area contributed by atoms with E-state index in [1.807, 2.05) is 19.2 Å². The maximum Gasteiger partial charge on any atom is 0.116 e. The van der Waals surface area contributed by atoms with Crippen molar-refractivity contribution in [1.82, 2.24) is 9.97 Å². The lowest BCUT2D eigenvalue weighted by Crippen LogP contribution is -1.88. The Morgan fingerprint density at radius 2 is 2.14 bits per heavy atom. The third-order valence-corrected chi connectivity index (χ3v) is 2.27. The van der Waals surface area contributed by atoms with Crippen molar-refractivity contribution in [2.24, 2.45) is 0 Å². The lowest BCUT2D eigenvalue weighted by atomic mass is 10.0. The van der Waals surface area contributed by atoms with Crippen molar-refractivity contribution < 1.29 is 0 Å². The quantitative estimate of drug-likeness (QED) is 0.681. The predicted octanol–water partition coefficient (Wildman–Crippen LogP) is 2.97. The molecule has 0 saturated carbocycles. The molecule has 1 aromatic carbocycles. The van der Waals surface area contributed by atoms with Gasteiger partial charge in [0.2, 0.25) is 0 Å². The summed E-state index contributed by atoms with van der Waals surface area (Å²) in [6.07, 6.45) is 7.55. The van der Waals surface area contributed by atoms with Gasteiger partial charge in [0.05, 0.1) is 5.52 Å². The van der Waals surface area contributed by atoms with Crippen LogP contribution in [0.5, 0.6) is 0 Å². The zero-order valence-electron chi connectivity index (χ0n) is 8.36. The fourth-order valence-corrected chi connectivity index (χ4v) is 1.56. The average molecular weight is 184 g/mol. The first-order valence-electron chi connectivity index (χ1n) is 4.65. The van der Waals surface area contributed by atoms with Crippen LogP contribution in [0.4, 0.5) is 0 Å². The summed E-state index contributed by atoms with van der Waals surface area (Å²) in [5.74, 6) is 0. The number of aryl methyl sites for hydroxylation is 1. The summed E-state index contributed by atoms with van der Waals surface area (Å²) in [6.45, 7) is 4.11. The Labute approximate surface area is 83.3 Å². The highest BCUT2D eigenvalue weighted by Crippen LogP contribution is 2.20. The molecule has 1 aromatic heterocycles. The molecule has 2 aromatic rings. The van der Waals surface area contributed by atoms with Gasteiger partial charge in [-0.05, 0) is 19.4 Å². The van der Waals surface area contributed by atoms with E-state index < -0.39 is 0 Å². The molecule has 0 bridgehead atoms. The standard InChI is InChI=1S/C12H12N2/c1-3-4-11-9(2)5-6-10-7-13-8-14-12(10)11/h3-8H,1-2H3/b4-3-. The Morgan fingerprint density at radius 1 is 1.29 bits per heavy atom. The highest BCUT2D eigenvalue weighted by molar-refractivity contribution is 5.87. The third-order valence-electron chi connectivity index (χ3n) is 2.27. The van der Waals surface area contributed by atoms with Gasteiger partial charge < -0.3 is 0 Å². The number of allylic oxidation sites excluding steroid dienone is 1. The van der Waals surface area contributed by atoms with Gasteiger partial charge >= 0.3 is 0 Å². The fraction of sp³-hybridized carbons (Fsp3) is 0.167. The van der Waals surface area contributed by atoms with Crippen molar-refractivity contribution in [2.45, 2.75) is 13.8 Å². The van der Waals surface area contributed by atoms with Gasteiger partial charge in [-0.2, -0.15) is 0 Å². The lowest BCUT2D eigenvalue weighted by Gasteiger charge is -2.03. The highest BCUT2D eigenvalue weighted by atomic mass is 14.8. The molecule has 1 heterocycles. The minimum absolute atomic E-state index is 1.03. The normalized spacial score (nSPS) is 11.3. The van der Waals surface area contributed by atoms with Crippen molar-refractivity contribution in [3.05, 3.63) is 41.9 Å².